The summed E-state index contributed by atoms with van der Waals surface area (Å²) in [6.07, 6.45) is 0. The van der Waals surface area contributed by atoms with Crippen LogP contribution in [0.1, 0.15) is 12.5 Å². The predicted molar refractivity (Wildman–Crippen MR) is 96.6 cm³/mol. The van der Waals surface area contributed by atoms with Crippen molar-refractivity contribution in [2.75, 3.05) is 0 Å². The number of hydrogen-bond acceptors (Lipinski definition) is 1. The highest BCUT2D eigenvalue weighted by molar-refractivity contribution is 6.84. The molecule has 106 valence electrons. The highest BCUT2D eigenvalue weighted by Gasteiger charge is 2.23. The summed E-state index contributed by atoms with van der Waals surface area (Å²) in [5, 5.41) is 0. The van der Waals surface area contributed by atoms with Crippen molar-refractivity contribution in [3.05, 3.63) is 96.6 Å². The topological polar surface area (TPSA) is 12.4 Å². The zero-order chi connectivity index (χ0) is 15.2. The zero-order valence-corrected chi connectivity index (χ0v) is 13.8. The van der Waals surface area contributed by atoms with E-state index in [2.05, 4.69) is 91.9 Å². The van der Waals surface area contributed by atoms with Crippen LogP contribution in [0.3, 0.4) is 0 Å². The van der Waals surface area contributed by atoms with Gasteiger partial charge in [0.05, 0.1) is 0 Å². The molecule has 0 heterocycles. The van der Waals surface area contributed by atoms with E-state index in [0.717, 1.165) is 5.71 Å². The molecule has 0 fully saturated rings. The third-order valence-corrected chi connectivity index (χ3v) is 6.42. The Bertz CT molecular complexity index is 697. The van der Waals surface area contributed by atoms with Gasteiger partial charge >= 0.3 is 14.4 Å². The molecule has 0 saturated heterocycles. The summed E-state index contributed by atoms with van der Waals surface area (Å²) in [7, 11) is 0. The van der Waals surface area contributed by atoms with Crippen molar-refractivity contribution in [2.45, 2.75) is 6.92 Å². The lowest BCUT2D eigenvalue weighted by molar-refractivity contribution is 1.57. The van der Waals surface area contributed by atoms with Gasteiger partial charge in [0.25, 0.3) is 0 Å². The highest BCUT2D eigenvalue weighted by Crippen LogP contribution is 2.03. The van der Waals surface area contributed by atoms with Crippen LogP contribution in [0, 0.1) is 0 Å². The molecule has 0 amide bonds. The Morgan fingerprint density at radius 1 is 0.636 bits per heavy atom. The van der Waals surface area contributed by atoms with E-state index in [4.69, 9.17) is 3.98 Å². The Morgan fingerprint density at radius 3 is 1.50 bits per heavy atom. The van der Waals surface area contributed by atoms with E-state index in [1.54, 1.807) is 0 Å². The van der Waals surface area contributed by atoms with Crippen molar-refractivity contribution in [1.29, 1.82) is 0 Å². The average Bonchev–Trinajstić information content (AvgIpc) is 2.62. The summed E-state index contributed by atoms with van der Waals surface area (Å²) in [5.41, 5.74) is 2.32. The molecule has 0 spiro atoms. The SMILES string of the molecule is C/C(=[N]/[Al]([c]1ccccc1)[c]1ccccc1)c1ccccc1. The maximum Gasteiger partial charge on any atom is 0.515 e. The van der Waals surface area contributed by atoms with Crippen molar-refractivity contribution in [1.82, 2.24) is 0 Å². The molecule has 0 N–H and O–H groups in total. The second-order valence-electron chi connectivity index (χ2n) is 5.30. The third kappa shape index (κ3) is 3.54. The maximum absolute atomic E-state index is 5.14. The molecule has 0 unspecified atom stereocenters. The summed E-state index contributed by atoms with van der Waals surface area (Å²) < 4.78 is 7.84. The lowest BCUT2D eigenvalue weighted by atomic mass is 10.1. The minimum Gasteiger partial charge on any atom is -0.391 e. The fourth-order valence-electron chi connectivity index (χ4n) is 2.56. The van der Waals surface area contributed by atoms with E-state index in [9.17, 15) is 0 Å². The van der Waals surface area contributed by atoms with Crippen LogP contribution in [0.4, 0.5) is 0 Å². The summed E-state index contributed by atoms with van der Waals surface area (Å²) in [6, 6.07) is 31.8. The van der Waals surface area contributed by atoms with Gasteiger partial charge in [-0.05, 0) is 12.5 Å². The molecular formula is C20H18AlN. The van der Waals surface area contributed by atoms with Crippen molar-refractivity contribution < 1.29 is 0 Å². The van der Waals surface area contributed by atoms with E-state index >= 15 is 0 Å². The molecule has 3 rings (SSSR count). The molecule has 0 aromatic heterocycles. The minimum absolute atomic E-state index is 1.12. The van der Waals surface area contributed by atoms with Crippen LogP contribution in [0.25, 0.3) is 0 Å². The maximum atomic E-state index is 5.14. The molecule has 3 aromatic rings. The Morgan fingerprint density at radius 2 is 1.05 bits per heavy atom. The summed E-state index contributed by atoms with van der Waals surface area (Å²) >= 11 is -1.59. The highest BCUT2D eigenvalue weighted by atomic mass is 27.2. The summed E-state index contributed by atoms with van der Waals surface area (Å²) in [4.78, 5) is 0. The van der Waals surface area contributed by atoms with Crippen molar-refractivity contribution in [2.24, 2.45) is 3.98 Å². The van der Waals surface area contributed by atoms with Crippen LogP contribution >= 0.6 is 0 Å². The Labute approximate surface area is 136 Å². The first kappa shape index (κ1) is 14.8. The lowest BCUT2D eigenvalue weighted by Crippen LogP contribution is -2.41. The monoisotopic (exact) mass is 299 g/mol. The normalized spacial score (nSPS) is 11.2. The largest absolute Gasteiger partial charge is 0.515 e. The van der Waals surface area contributed by atoms with Gasteiger partial charge in [0.2, 0.25) is 0 Å². The molecule has 0 aliphatic heterocycles. The van der Waals surface area contributed by atoms with Gasteiger partial charge in [-0.1, -0.05) is 99.8 Å². The Balaban J connectivity index is 2.03. The van der Waals surface area contributed by atoms with Gasteiger partial charge in [-0.15, -0.1) is 0 Å². The molecule has 3 aromatic carbocycles. The van der Waals surface area contributed by atoms with Gasteiger partial charge in [-0.2, -0.15) is 0 Å². The predicted octanol–water partition coefficient (Wildman–Crippen LogP) is 3.30. The lowest BCUT2D eigenvalue weighted by Gasteiger charge is -2.10. The second-order valence-corrected chi connectivity index (χ2v) is 7.70. The van der Waals surface area contributed by atoms with Gasteiger partial charge in [0.15, 0.2) is 0 Å². The first-order valence-corrected chi connectivity index (χ1v) is 9.21. The second kappa shape index (κ2) is 7.22. The van der Waals surface area contributed by atoms with Crippen molar-refractivity contribution >= 4 is 28.9 Å². The standard InChI is InChI=1S/C8H8N.2C6H5.Al/c1-7(9)8-5-3-2-4-6-8;2*1-2-4-6-5-3-1;/h2-6H,1H3;2*1-5H;/q-1;;;+1. The van der Waals surface area contributed by atoms with E-state index in [0.29, 0.717) is 0 Å². The van der Waals surface area contributed by atoms with E-state index in [1.807, 2.05) is 6.07 Å². The Kier molecular flexibility index (Phi) is 4.86. The van der Waals surface area contributed by atoms with Gasteiger partial charge in [0.1, 0.15) is 0 Å². The van der Waals surface area contributed by atoms with Crippen LogP contribution in [0.15, 0.2) is 95.0 Å². The van der Waals surface area contributed by atoms with Crippen molar-refractivity contribution in [3.8, 4) is 0 Å². The number of hydrogen-bond donors (Lipinski definition) is 0. The van der Waals surface area contributed by atoms with Crippen LogP contribution in [-0.2, 0) is 0 Å². The quantitative estimate of drug-likeness (QED) is 0.518. The molecule has 0 saturated carbocycles. The van der Waals surface area contributed by atoms with Crippen LogP contribution in [0.5, 0.6) is 0 Å². The van der Waals surface area contributed by atoms with Crippen molar-refractivity contribution in [3.63, 3.8) is 0 Å². The summed E-state index contributed by atoms with van der Waals surface area (Å²) in [6.45, 7) is 2.11. The van der Waals surface area contributed by atoms with Gasteiger partial charge in [-0.3, -0.25) is 0 Å². The number of nitrogens with zero attached hydrogens (tertiary/aromatic N) is 1. The van der Waals surface area contributed by atoms with Crippen LogP contribution in [-0.4, -0.2) is 20.1 Å². The molecule has 0 aliphatic carbocycles. The molecule has 2 heteroatoms. The zero-order valence-electron chi connectivity index (χ0n) is 12.7. The molecule has 0 aliphatic rings. The van der Waals surface area contributed by atoms with Gasteiger partial charge in [-0.25, -0.2) is 0 Å². The van der Waals surface area contributed by atoms with Crippen LogP contribution in [0.2, 0.25) is 0 Å². The number of rotatable bonds is 4. The molecule has 1 nitrogen and oxygen atoms in total. The van der Waals surface area contributed by atoms with Crippen LogP contribution < -0.4 is 8.85 Å². The summed E-state index contributed by atoms with van der Waals surface area (Å²) in [5.74, 6) is 0. The van der Waals surface area contributed by atoms with E-state index in [1.165, 1.54) is 14.4 Å². The van der Waals surface area contributed by atoms with E-state index in [-0.39, 0.29) is 0 Å². The molecule has 0 bridgehead atoms. The fourth-order valence-corrected chi connectivity index (χ4v) is 4.95. The first-order valence-electron chi connectivity index (χ1n) is 7.54. The third-order valence-electron chi connectivity index (χ3n) is 3.74. The smallest absolute Gasteiger partial charge is 0.391 e. The molecule has 0 atom stereocenters. The molecule has 22 heavy (non-hydrogen) atoms. The Hall–Kier alpha value is -2.14. The fraction of sp³-hybridized carbons (Fsp3) is 0.0500. The van der Waals surface area contributed by atoms with Gasteiger partial charge < -0.3 is 3.98 Å². The molecular weight excluding hydrogens is 281 g/mol. The minimum atomic E-state index is -1.59. The molecule has 0 radical (unpaired) electrons. The van der Waals surface area contributed by atoms with Gasteiger partial charge in [0, 0.05) is 5.71 Å². The average molecular weight is 299 g/mol. The number of benzene rings is 3. The van der Waals surface area contributed by atoms with E-state index < -0.39 is 14.4 Å². The first-order chi connectivity index (χ1) is 10.8.